The summed E-state index contributed by atoms with van der Waals surface area (Å²) in [5.74, 6) is 1.58. The number of benzene rings is 1. The van der Waals surface area contributed by atoms with Gasteiger partial charge in [0.1, 0.15) is 5.75 Å². The minimum absolute atomic E-state index is 0.228. The standard InChI is InChI=1S/C22H32N6O3/c1-4-23-21(25-17-10-13-27(14-11-17)22(29)31-5-2)24-16-18-12-15-28(26-18)19-6-8-20(30-3)9-7-19/h6-9,12,15,17H,4-5,10-11,13-14,16H2,1-3H3,(H2,23,24,25). The third-order valence-electron chi connectivity index (χ3n) is 5.09. The largest absolute Gasteiger partial charge is 0.497 e. The molecular formula is C22H32N6O3. The summed E-state index contributed by atoms with van der Waals surface area (Å²) in [6, 6.07) is 9.99. The van der Waals surface area contributed by atoms with Crippen LogP contribution in [0.4, 0.5) is 4.79 Å². The highest BCUT2D eigenvalue weighted by Crippen LogP contribution is 2.15. The van der Waals surface area contributed by atoms with Gasteiger partial charge in [-0.15, -0.1) is 0 Å². The monoisotopic (exact) mass is 428 g/mol. The zero-order valence-electron chi connectivity index (χ0n) is 18.5. The minimum atomic E-state index is -0.228. The normalized spacial score (nSPS) is 14.9. The number of guanidine groups is 1. The van der Waals surface area contributed by atoms with E-state index in [-0.39, 0.29) is 12.1 Å². The maximum Gasteiger partial charge on any atom is 0.409 e. The second-order valence-electron chi connectivity index (χ2n) is 7.25. The predicted octanol–water partition coefficient (Wildman–Crippen LogP) is 2.56. The molecule has 9 nitrogen and oxygen atoms in total. The van der Waals surface area contributed by atoms with Crippen molar-refractivity contribution < 1.29 is 14.3 Å². The first kappa shape index (κ1) is 22.5. The van der Waals surface area contributed by atoms with Crippen molar-refractivity contribution in [2.24, 2.45) is 4.99 Å². The molecule has 3 rings (SSSR count). The van der Waals surface area contributed by atoms with Crippen molar-refractivity contribution in [1.29, 1.82) is 0 Å². The summed E-state index contributed by atoms with van der Waals surface area (Å²) >= 11 is 0. The molecule has 1 aliphatic heterocycles. The van der Waals surface area contributed by atoms with Crippen molar-refractivity contribution >= 4 is 12.1 Å². The van der Waals surface area contributed by atoms with Gasteiger partial charge in [-0.1, -0.05) is 0 Å². The molecule has 1 fully saturated rings. The van der Waals surface area contributed by atoms with Gasteiger partial charge in [0.25, 0.3) is 0 Å². The molecule has 0 spiro atoms. The van der Waals surface area contributed by atoms with E-state index < -0.39 is 0 Å². The maximum absolute atomic E-state index is 11.9. The molecular weight excluding hydrogens is 396 g/mol. The fourth-order valence-corrected chi connectivity index (χ4v) is 3.42. The van der Waals surface area contributed by atoms with Crippen LogP contribution in [-0.4, -0.2) is 66.1 Å². The van der Waals surface area contributed by atoms with Gasteiger partial charge in [0.05, 0.1) is 31.6 Å². The van der Waals surface area contributed by atoms with Crippen LogP contribution in [0.15, 0.2) is 41.5 Å². The van der Waals surface area contributed by atoms with E-state index in [1.165, 1.54) is 0 Å². The molecule has 9 heteroatoms. The summed E-state index contributed by atoms with van der Waals surface area (Å²) in [5.41, 5.74) is 1.85. The summed E-state index contributed by atoms with van der Waals surface area (Å²) in [7, 11) is 1.65. The maximum atomic E-state index is 11.9. The molecule has 0 saturated carbocycles. The first-order chi connectivity index (χ1) is 15.1. The van der Waals surface area contributed by atoms with Crippen LogP contribution in [0, 0.1) is 0 Å². The number of carbonyl (C=O) groups excluding carboxylic acids is 1. The third-order valence-corrected chi connectivity index (χ3v) is 5.09. The molecule has 1 saturated heterocycles. The number of methoxy groups -OCH3 is 1. The second kappa shape index (κ2) is 11.2. The van der Waals surface area contributed by atoms with E-state index in [1.807, 2.05) is 55.1 Å². The number of nitrogens with one attached hydrogen (secondary N) is 2. The molecule has 0 unspecified atom stereocenters. The number of aromatic nitrogens is 2. The number of hydrogen-bond donors (Lipinski definition) is 2. The highest BCUT2D eigenvalue weighted by Gasteiger charge is 2.24. The quantitative estimate of drug-likeness (QED) is 0.520. The average molecular weight is 429 g/mol. The van der Waals surface area contributed by atoms with E-state index in [1.54, 1.807) is 12.0 Å². The number of aliphatic imine (C=N–C) groups is 1. The number of amides is 1. The van der Waals surface area contributed by atoms with Crippen molar-refractivity contribution in [3.05, 3.63) is 42.2 Å². The molecule has 1 aliphatic rings. The third kappa shape index (κ3) is 6.37. The summed E-state index contributed by atoms with van der Waals surface area (Å²) in [5, 5.41) is 11.4. The van der Waals surface area contributed by atoms with E-state index in [9.17, 15) is 4.79 Å². The van der Waals surface area contributed by atoms with Gasteiger partial charge in [-0.05, 0) is 57.0 Å². The van der Waals surface area contributed by atoms with Crippen molar-refractivity contribution in [1.82, 2.24) is 25.3 Å². The van der Waals surface area contributed by atoms with Crippen LogP contribution in [0.3, 0.4) is 0 Å². The van der Waals surface area contributed by atoms with Crippen molar-refractivity contribution in [3.63, 3.8) is 0 Å². The van der Waals surface area contributed by atoms with E-state index in [0.29, 0.717) is 26.2 Å². The zero-order chi connectivity index (χ0) is 22.1. The van der Waals surface area contributed by atoms with Crippen LogP contribution < -0.4 is 15.4 Å². The Kier molecular flexibility index (Phi) is 8.14. The highest BCUT2D eigenvalue weighted by molar-refractivity contribution is 5.80. The summed E-state index contributed by atoms with van der Waals surface area (Å²) in [4.78, 5) is 18.3. The van der Waals surface area contributed by atoms with Gasteiger partial charge in [0.15, 0.2) is 5.96 Å². The number of rotatable bonds is 7. The fraction of sp³-hybridized carbons (Fsp3) is 0.500. The van der Waals surface area contributed by atoms with Gasteiger partial charge in [0.2, 0.25) is 0 Å². The lowest BCUT2D eigenvalue weighted by molar-refractivity contribution is 0.0963. The van der Waals surface area contributed by atoms with Crippen molar-refractivity contribution in [3.8, 4) is 11.4 Å². The van der Waals surface area contributed by atoms with Crippen LogP contribution in [0.25, 0.3) is 5.69 Å². The Bertz CT molecular complexity index is 856. The van der Waals surface area contributed by atoms with Gasteiger partial charge < -0.3 is 25.0 Å². The van der Waals surface area contributed by atoms with Crippen molar-refractivity contribution in [2.45, 2.75) is 39.3 Å². The minimum Gasteiger partial charge on any atom is -0.497 e. The number of piperidine rings is 1. The number of ether oxygens (including phenoxy) is 2. The smallest absolute Gasteiger partial charge is 0.409 e. The molecule has 0 radical (unpaired) electrons. The van der Waals surface area contributed by atoms with Crippen molar-refractivity contribution in [2.75, 3.05) is 33.4 Å². The summed E-state index contributed by atoms with van der Waals surface area (Å²) in [6.07, 6.45) is 3.41. The molecule has 0 atom stereocenters. The highest BCUT2D eigenvalue weighted by atomic mass is 16.6. The Hall–Kier alpha value is -3.23. The number of likely N-dealkylation sites (tertiary alicyclic amines) is 1. The lowest BCUT2D eigenvalue weighted by Gasteiger charge is -2.32. The Morgan fingerprint density at radius 1 is 1.19 bits per heavy atom. The first-order valence-corrected chi connectivity index (χ1v) is 10.8. The van der Waals surface area contributed by atoms with Gasteiger partial charge in [0, 0.05) is 31.9 Å². The molecule has 1 amide bonds. The Balaban J connectivity index is 1.55. The van der Waals surface area contributed by atoms with E-state index >= 15 is 0 Å². The van der Waals surface area contributed by atoms with Crippen LogP contribution in [0.5, 0.6) is 5.75 Å². The molecule has 2 heterocycles. The van der Waals surface area contributed by atoms with Gasteiger partial charge >= 0.3 is 6.09 Å². The Morgan fingerprint density at radius 3 is 2.58 bits per heavy atom. The van der Waals surface area contributed by atoms with Crippen LogP contribution in [-0.2, 0) is 11.3 Å². The predicted molar refractivity (Wildman–Crippen MR) is 120 cm³/mol. The van der Waals surface area contributed by atoms with E-state index in [4.69, 9.17) is 9.47 Å². The summed E-state index contributed by atoms with van der Waals surface area (Å²) < 4.78 is 12.1. The van der Waals surface area contributed by atoms with E-state index in [0.717, 1.165) is 42.5 Å². The molecule has 168 valence electrons. The molecule has 1 aromatic heterocycles. The van der Waals surface area contributed by atoms with Crippen LogP contribution in [0.2, 0.25) is 0 Å². The molecule has 0 aliphatic carbocycles. The Morgan fingerprint density at radius 2 is 1.94 bits per heavy atom. The number of hydrogen-bond acceptors (Lipinski definition) is 5. The lowest BCUT2D eigenvalue weighted by atomic mass is 10.1. The Labute approximate surface area is 183 Å². The molecule has 2 aromatic rings. The zero-order valence-corrected chi connectivity index (χ0v) is 18.5. The van der Waals surface area contributed by atoms with Gasteiger partial charge in [-0.25, -0.2) is 14.5 Å². The molecule has 1 aromatic carbocycles. The lowest BCUT2D eigenvalue weighted by Crippen LogP contribution is -2.49. The number of carbonyl (C=O) groups is 1. The SMILES string of the molecule is CCNC(=NCc1ccn(-c2ccc(OC)cc2)n1)NC1CCN(C(=O)OCC)CC1. The van der Waals surface area contributed by atoms with Crippen LogP contribution in [0.1, 0.15) is 32.4 Å². The van der Waals surface area contributed by atoms with Gasteiger partial charge in [-0.2, -0.15) is 5.10 Å². The summed E-state index contributed by atoms with van der Waals surface area (Å²) in [6.45, 7) is 6.88. The van der Waals surface area contributed by atoms with Crippen LogP contribution >= 0.6 is 0 Å². The number of nitrogens with zero attached hydrogens (tertiary/aromatic N) is 4. The fourth-order valence-electron chi connectivity index (χ4n) is 3.42. The molecule has 0 bridgehead atoms. The van der Waals surface area contributed by atoms with Gasteiger partial charge in [-0.3, -0.25) is 0 Å². The molecule has 31 heavy (non-hydrogen) atoms. The second-order valence-corrected chi connectivity index (χ2v) is 7.25. The molecule has 2 N–H and O–H groups in total. The topological polar surface area (TPSA) is 93.0 Å². The van der Waals surface area contributed by atoms with E-state index in [2.05, 4.69) is 20.7 Å². The average Bonchev–Trinajstić information content (AvgIpc) is 3.27. The first-order valence-electron chi connectivity index (χ1n) is 10.8.